The predicted octanol–water partition coefficient (Wildman–Crippen LogP) is 7.29. The van der Waals surface area contributed by atoms with Gasteiger partial charge >= 0.3 is 24.4 Å². The van der Waals surface area contributed by atoms with Crippen LogP contribution in [-0.4, -0.2) is 59.6 Å². The van der Waals surface area contributed by atoms with Gasteiger partial charge in [0.25, 0.3) is 5.72 Å². The maximum Gasteiger partial charge on any atom is 0.514 e. The van der Waals surface area contributed by atoms with E-state index in [0.29, 0.717) is 32.1 Å². The third kappa shape index (κ3) is 12.2. The molecule has 0 saturated heterocycles. The molecule has 0 radical (unpaired) electrons. The molecule has 1 aromatic carbocycles. The lowest BCUT2D eigenvalue weighted by molar-refractivity contribution is -0.168. The molecule has 3 unspecified atom stereocenters. The molecule has 0 bridgehead atoms. The Morgan fingerprint density at radius 3 is 1.95 bits per heavy atom. The van der Waals surface area contributed by atoms with Crippen molar-refractivity contribution in [3.8, 4) is 11.5 Å². The summed E-state index contributed by atoms with van der Waals surface area (Å²) >= 11 is 0. The normalized spacial score (nSPS) is 16.9. The first-order chi connectivity index (χ1) is 20.9. The van der Waals surface area contributed by atoms with Gasteiger partial charge in [0, 0.05) is 12.5 Å². The van der Waals surface area contributed by atoms with Gasteiger partial charge in [0.15, 0.2) is 11.5 Å². The van der Waals surface area contributed by atoms with Crippen LogP contribution in [0.25, 0.3) is 0 Å². The maximum atomic E-state index is 12.9. The third-order valence-electron chi connectivity index (χ3n) is 7.34. The lowest BCUT2D eigenvalue weighted by Crippen LogP contribution is -2.59. The van der Waals surface area contributed by atoms with E-state index in [1.165, 1.54) is 18.2 Å². The molecule has 0 heterocycles. The standard InChI is InChI=1S/C32H49NO11/c1-7-13-22(5)39-29(36)42-26-18-17-24(19-27(26)43-30(37)40-23(6)14-8-2)20-32(28(34)35,33-21(4)9-3)44-31(38)41-25-15-11-10-12-16-25/h17-19,21-23,25,33H,7-16,20H2,1-6H3,(H,34,35)/t21?,22?,23?,32-/m0/s1. The molecule has 1 aromatic rings. The Labute approximate surface area is 260 Å². The van der Waals surface area contributed by atoms with E-state index < -0.39 is 42.4 Å². The molecule has 1 aliphatic rings. The van der Waals surface area contributed by atoms with Gasteiger partial charge in [-0.1, -0.05) is 46.1 Å². The first kappa shape index (κ1) is 36.7. The molecule has 0 aliphatic heterocycles. The molecule has 4 atom stereocenters. The average molecular weight is 624 g/mol. The molecule has 2 rings (SSSR count). The first-order valence-electron chi connectivity index (χ1n) is 15.7. The summed E-state index contributed by atoms with van der Waals surface area (Å²) in [6.07, 6.45) is 2.93. The van der Waals surface area contributed by atoms with Crippen molar-refractivity contribution in [2.75, 3.05) is 0 Å². The van der Waals surface area contributed by atoms with Gasteiger partial charge in [-0.15, -0.1) is 0 Å². The van der Waals surface area contributed by atoms with E-state index in [4.69, 9.17) is 28.4 Å². The highest BCUT2D eigenvalue weighted by Crippen LogP contribution is 2.32. The minimum atomic E-state index is -2.22. The summed E-state index contributed by atoms with van der Waals surface area (Å²) in [5.41, 5.74) is -1.93. The smallest absolute Gasteiger partial charge is 0.477 e. The number of rotatable bonds is 16. The zero-order valence-corrected chi connectivity index (χ0v) is 26.8. The SMILES string of the molecule is CCCC(C)OC(=O)Oc1ccc(C[C@](NC(C)CC)(OC(=O)OC2CCCCC2)C(=O)O)cc1OC(=O)OC(C)CCC. The van der Waals surface area contributed by atoms with Crippen LogP contribution in [0.4, 0.5) is 14.4 Å². The second-order valence-electron chi connectivity index (χ2n) is 11.4. The topological polar surface area (TPSA) is 156 Å². The number of carbonyl (C=O) groups excluding carboxylic acids is 3. The van der Waals surface area contributed by atoms with Crippen LogP contribution in [0.1, 0.15) is 111 Å². The zero-order chi connectivity index (χ0) is 32.7. The van der Waals surface area contributed by atoms with E-state index in [9.17, 15) is 24.3 Å². The fourth-order valence-corrected chi connectivity index (χ4v) is 4.88. The molecular formula is C32H49NO11. The number of hydrogen-bond acceptors (Lipinski definition) is 11. The summed E-state index contributed by atoms with van der Waals surface area (Å²) in [4.78, 5) is 50.7. The number of ether oxygens (including phenoxy) is 6. The van der Waals surface area contributed by atoms with Crippen molar-refractivity contribution in [2.24, 2.45) is 0 Å². The van der Waals surface area contributed by atoms with Crippen LogP contribution >= 0.6 is 0 Å². The lowest BCUT2D eigenvalue weighted by Gasteiger charge is -2.33. The number of carbonyl (C=O) groups is 4. The third-order valence-corrected chi connectivity index (χ3v) is 7.34. The summed E-state index contributed by atoms with van der Waals surface area (Å²) in [6.45, 7) is 11.0. The van der Waals surface area contributed by atoms with Crippen molar-refractivity contribution in [2.45, 2.75) is 142 Å². The van der Waals surface area contributed by atoms with Crippen LogP contribution in [0.15, 0.2) is 18.2 Å². The van der Waals surface area contributed by atoms with E-state index in [-0.39, 0.29) is 35.6 Å². The molecule has 12 heteroatoms. The Morgan fingerprint density at radius 1 is 0.864 bits per heavy atom. The van der Waals surface area contributed by atoms with Crippen molar-refractivity contribution in [3.63, 3.8) is 0 Å². The lowest BCUT2D eigenvalue weighted by atomic mass is 9.98. The van der Waals surface area contributed by atoms with Crippen LogP contribution in [0.2, 0.25) is 0 Å². The van der Waals surface area contributed by atoms with Crippen LogP contribution in [0, 0.1) is 0 Å². The summed E-state index contributed by atoms with van der Waals surface area (Å²) in [5, 5.41) is 13.3. The Bertz CT molecular complexity index is 1090. The van der Waals surface area contributed by atoms with E-state index in [2.05, 4.69) is 5.32 Å². The van der Waals surface area contributed by atoms with Gasteiger partial charge in [-0.2, -0.15) is 0 Å². The fourth-order valence-electron chi connectivity index (χ4n) is 4.88. The number of carboxylic acid groups (broad SMARTS) is 1. The molecule has 1 aliphatic carbocycles. The molecule has 1 saturated carbocycles. The van der Waals surface area contributed by atoms with Crippen LogP contribution < -0.4 is 14.8 Å². The van der Waals surface area contributed by atoms with Gasteiger partial charge < -0.3 is 33.5 Å². The molecule has 0 amide bonds. The predicted molar refractivity (Wildman–Crippen MR) is 161 cm³/mol. The Morgan fingerprint density at radius 2 is 1.43 bits per heavy atom. The highest BCUT2D eigenvalue weighted by Gasteiger charge is 2.45. The number of nitrogens with one attached hydrogen (secondary N) is 1. The molecule has 0 spiro atoms. The van der Waals surface area contributed by atoms with Crippen molar-refractivity contribution in [1.82, 2.24) is 5.32 Å². The van der Waals surface area contributed by atoms with Crippen LogP contribution in [0.5, 0.6) is 11.5 Å². The minimum Gasteiger partial charge on any atom is -0.477 e. The molecular weight excluding hydrogens is 574 g/mol. The summed E-state index contributed by atoms with van der Waals surface area (Å²) < 4.78 is 32.3. The van der Waals surface area contributed by atoms with Crippen LogP contribution in [0.3, 0.4) is 0 Å². The summed E-state index contributed by atoms with van der Waals surface area (Å²) in [5.74, 6) is -1.79. The second kappa shape index (κ2) is 18.3. The summed E-state index contributed by atoms with van der Waals surface area (Å²) in [7, 11) is 0. The van der Waals surface area contributed by atoms with Gasteiger partial charge in [-0.3, -0.25) is 5.32 Å². The van der Waals surface area contributed by atoms with E-state index >= 15 is 0 Å². The van der Waals surface area contributed by atoms with Crippen molar-refractivity contribution >= 4 is 24.4 Å². The van der Waals surface area contributed by atoms with E-state index in [1.807, 2.05) is 20.8 Å². The molecule has 1 fully saturated rings. The summed E-state index contributed by atoms with van der Waals surface area (Å²) in [6, 6.07) is 3.79. The molecule has 12 nitrogen and oxygen atoms in total. The molecule has 248 valence electrons. The fraction of sp³-hybridized carbons (Fsp3) is 0.688. The Kier molecular flexibility index (Phi) is 15.3. The maximum absolute atomic E-state index is 12.9. The van der Waals surface area contributed by atoms with Gasteiger partial charge in [0.2, 0.25) is 0 Å². The van der Waals surface area contributed by atoms with Gasteiger partial charge in [0.05, 0.1) is 0 Å². The van der Waals surface area contributed by atoms with Crippen molar-refractivity contribution < 1.29 is 52.7 Å². The van der Waals surface area contributed by atoms with E-state index in [1.54, 1.807) is 20.8 Å². The second-order valence-corrected chi connectivity index (χ2v) is 11.4. The van der Waals surface area contributed by atoms with Gasteiger partial charge in [-0.25, -0.2) is 19.2 Å². The molecule has 44 heavy (non-hydrogen) atoms. The largest absolute Gasteiger partial charge is 0.514 e. The van der Waals surface area contributed by atoms with Gasteiger partial charge in [-0.05, 0) is 83.4 Å². The molecule has 0 aromatic heterocycles. The Balaban J connectivity index is 2.40. The highest BCUT2D eigenvalue weighted by molar-refractivity contribution is 5.80. The average Bonchev–Trinajstić information content (AvgIpc) is 2.94. The van der Waals surface area contributed by atoms with Crippen molar-refractivity contribution in [3.05, 3.63) is 23.8 Å². The highest BCUT2D eigenvalue weighted by atomic mass is 16.8. The van der Waals surface area contributed by atoms with Gasteiger partial charge in [0.1, 0.15) is 18.3 Å². The Hall–Kier alpha value is -3.54. The van der Waals surface area contributed by atoms with Crippen LogP contribution in [-0.2, 0) is 30.2 Å². The number of hydrogen-bond donors (Lipinski definition) is 2. The van der Waals surface area contributed by atoms with E-state index in [0.717, 1.165) is 32.1 Å². The number of benzene rings is 1. The monoisotopic (exact) mass is 623 g/mol. The zero-order valence-electron chi connectivity index (χ0n) is 26.8. The molecule has 2 N–H and O–H groups in total. The number of carboxylic acids is 1. The first-order valence-corrected chi connectivity index (χ1v) is 15.7. The quantitative estimate of drug-likeness (QED) is 0.0821. The minimum absolute atomic E-state index is 0.143. The van der Waals surface area contributed by atoms with Crippen molar-refractivity contribution in [1.29, 1.82) is 0 Å². The number of aliphatic carboxylic acids is 1.